The molecule has 0 amide bonds. The predicted octanol–water partition coefficient (Wildman–Crippen LogP) is 5.92. The monoisotopic (exact) mass is 571 g/mol. The van der Waals surface area contributed by atoms with Gasteiger partial charge >= 0.3 is 5.97 Å². The summed E-state index contributed by atoms with van der Waals surface area (Å²) in [5, 5.41) is 20.3. The van der Waals surface area contributed by atoms with E-state index in [0.717, 1.165) is 21.7 Å². The van der Waals surface area contributed by atoms with Crippen molar-refractivity contribution in [3.8, 4) is 22.9 Å². The molecule has 2 unspecified atom stereocenters. The van der Waals surface area contributed by atoms with E-state index in [2.05, 4.69) is 11.4 Å². The highest BCUT2D eigenvalue weighted by Gasteiger charge is 2.43. The number of carbonyl (C=O) groups excluding carboxylic acids is 1. The number of rotatable bonds is 7. The van der Waals surface area contributed by atoms with E-state index in [0.29, 0.717) is 52.9 Å². The van der Waals surface area contributed by atoms with Crippen molar-refractivity contribution in [1.29, 1.82) is 0 Å². The van der Waals surface area contributed by atoms with Crippen LogP contribution in [-0.2, 0) is 4.79 Å². The van der Waals surface area contributed by atoms with Crippen LogP contribution in [0.1, 0.15) is 56.7 Å². The molecule has 3 heterocycles. The molecule has 9 nitrogen and oxygen atoms in total. The number of allylic oxidation sites excluding steroid dienone is 2. The van der Waals surface area contributed by atoms with Crippen LogP contribution in [0.2, 0.25) is 0 Å². The fraction of sp³-hybridized carbons (Fsp3) is 0.258. The summed E-state index contributed by atoms with van der Waals surface area (Å²) >= 11 is 1.64. The highest BCUT2D eigenvalue weighted by Crippen LogP contribution is 2.54. The third-order valence-corrected chi connectivity index (χ3v) is 8.85. The minimum absolute atomic E-state index is 0.0343. The second-order valence-corrected chi connectivity index (χ2v) is 11.0. The predicted molar refractivity (Wildman–Crippen MR) is 155 cm³/mol. The maximum atomic E-state index is 14.0. The molecule has 4 aromatic rings. The summed E-state index contributed by atoms with van der Waals surface area (Å²) in [6.07, 6.45) is 1.01. The first-order valence-corrected chi connectivity index (χ1v) is 14.0. The molecule has 0 saturated carbocycles. The van der Waals surface area contributed by atoms with Crippen LogP contribution in [0.25, 0.3) is 5.69 Å². The van der Waals surface area contributed by atoms with Crippen molar-refractivity contribution in [2.45, 2.75) is 31.6 Å². The molecular weight excluding hydrogens is 542 g/mol. The Morgan fingerprint density at radius 3 is 2.49 bits per heavy atom. The average molecular weight is 572 g/mol. The molecule has 1 aliphatic carbocycles. The van der Waals surface area contributed by atoms with E-state index >= 15 is 0 Å². The van der Waals surface area contributed by atoms with Gasteiger partial charge in [-0.1, -0.05) is 24.3 Å². The van der Waals surface area contributed by atoms with Crippen LogP contribution in [-0.4, -0.2) is 48.0 Å². The highest BCUT2D eigenvalue weighted by atomic mass is 32.1. The minimum Gasteiger partial charge on any atom is -0.493 e. The van der Waals surface area contributed by atoms with Gasteiger partial charge in [-0.25, -0.2) is 9.48 Å². The normalized spacial score (nSPS) is 17.9. The van der Waals surface area contributed by atoms with Gasteiger partial charge in [-0.05, 0) is 43.0 Å². The van der Waals surface area contributed by atoms with E-state index in [9.17, 15) is 14.7 Å². The fourth-order valence-corrected chi connectivity index (χ4v) is 6.91. The van der Waals surface area contributed by atoms with Crippen molar-refractivity contribution in [3.05, 3.63) is 92.4 Å². The summed E-state index contributed by atoms with van der Waals surface area (Å²) in [5.74, 6) is 0.511. The SMILES string of the molecule is COc1ccc(C2C3=C(CC(c4cccs4)CC3=O)Nc3c2c(C)nn3-c2ccccc2C(=O)O)c(OC)c1OC. The molecule has 41 heavy (non-hydrogen) atoms. The van der Waals surface area contributed by atoms with Gasteiger partial charge < -0.3 is 24.6 Å². The third-order valence-electron chi connectivity index (χ3n) is 7.82. The van der Waals surface area contributed by atoms with Gasteiger partial charge in [0.25, 0.3) is 0 Å². The molecule has 0 saturated heterocycles. The standard InChI is InChI=1S/C31H29N3O6S/c1-16-25-26(19-11-12-23(38-2)29(40-4)28(19)39-3)27-20(14-17(15-22(27)35)24-10-7-13-41-24)32-30(25)34(33-16)21-9-6-5-8-18(21)31(36)37/h5-13,17,26,32H,14-15H2,1-4H3,(H,36,37). The first-order chi connectivity index (χ1) is 19.9. The van der Waals surface area contributed by atoms with Crippen molar-refractivity contribution in [3.63, 3.8) is 0 Å². The Balaban J connectivity index is 1.62. The molecule has 210 valence electrons. The lowest BCUT2D eigenvalue weighted by atomic mass is 9.73. The lowest BCUT2D eigenvalue weighted by Crippen LogP contribution is -2.30. The minimum atomic E-state index is -1.05. The first kappa shape index (κ1) is 26.6. The Morgan fingerprint density at radius 2 is 1.80 bits per heavy atom. The molecule has 2 aliphatic rings. The number of nitrogens with zero attached hydrogens (tertiary/aromatic N) is 2. The van der Waals surface area contributed by atoms with Crippen LogP contribution in [0.5, 0.6) is 17.2 Å². The van der Waals surface area contributed by atoms with Crippen LogP contribution in [0, 0.1) is 6.92 Å². The van der Waals surface area contributed by atoms with Crippen molar-refractivity contribution < 1.29 is 28.9 Å². The zero-order chi connectivity index (χ0) is 28.8. The lowest BCUT2D eigenvalue weighted by Gasteiger charge is -2.36. The molecular formula is C31H29N3O6S. The van der Waals surface area contributed by atoms with Gasteiger partial charge in [0.2, 0.25) is 5.75 Å². The zero-order valence-corrected chi connectivity index (χ0v) is 23.9. The topological polar surface area (TPSA) is 112 Å². The molecule has 0 spiro atoms. The van der Waals surface area contributed by atoms with Gasteiger partial charge in [0.1, 0.15) is 5.82 Å². The number of aryl methyl sites for hydroxylation is 1. The third kappa shape index (κ3) is 4.26. The molecule has 10 heteroatoms. The number of fused-ring (bicyclic) bond motifs is 1. The number of carbonyl (C=O) groups is 2. The van der Waals surface area contributed by atoms with Crippen LogP contribution in [0.3, 0.4) is 0 Å². The van der Waals surface area contributed by atoms with Crippen molar-refractivity contribution in [2.75, 3.05) is 26.6 Å². The summed E-state index contributed by atoms with van der Waals surface area (Å²) in [6.45, 7) is 1.87. The summed E-state index contributed by atoms with van der Waals surface area (Å²) in [6, 6.07) is 14.5. The number of benzene rings is 2. The van der Waals surface area contributed by atoms with Gasteiger partial charge in [0, 0.05) is 45.5 Å². The number of hydrogen-bond acceptors (Lipinski definition) is 8. The van der Waals surface area contributed by atoms with Crippen molar-refractivity contribution in [2.24, 2.45) is 0 Å². The Hall–Kier alpha value is -4.57. The number of hydrogen-bond donors (Lipinski definition) is 2. The Labute approximate surface area is 241 Å². The summed E-state index contributed by atoms with van der Waals surface area (Å²) in [4.78, 5) is 27.4. The maximum Gasteiger partial charge on any atom is 0.337 e. The molecule has 2 N–H and O–H groups in total. The summed E-state index contributed by atoms with van der Waals surface area (Å²) in [5.41, 5.74) is 4.17. The van der Waals surface area contributed by atoms with E-state index in [1.807, 2.05) is 24.4 Å². The van der Waals surface area contributed by atoms with Gasteiger partial charge in [0.15, 0.2) is 17.3 Å². The second kappa shape index (κ2) is 10.4. The number of aromatic carboxylic acids is 1. The van der Waals surface area contributed by atoms with Crippen molar-refractivity contribution in [1.82, 2.24) is 9.78 Å². The molecule has 2 atom stereocenters. The Bertz CT molecular complexity index is 1700. The number of methoxy groups -OCH3 is 3. The van der Waals surface area contributed by atoms with Crippen molar-refractivity contribution >= 4 is 28.9 Å². The summed E-state index contributed by atoms with van der Waals surface area (Å²) < 4.78 is 18.8. The van der Waals surface area contributed by atoms with E-state index in [4.69, 9.17) is 19.3 Å². The van der Waals surface area contributed by atoms with Gasteiger partial charge in [0.05, 0.1) is 38.3 Å². The number of ether oxygens (including phenoxy) is 3. The Kier molecular flexibility index (Phi) is 6.78. The molecule has 1 aliphatic heterocycles. The van der Waals surface area contributed by atoms with Crippen LogP contribution < -0.4 is 19.5 Å². The smallest absolute Gasteiger partial charge is 0.337 e. The van der Waals surface area contributed by atoms with E-state index < -0.39 is 11.9 Å². The van der Waals surface area contributed by atoms with E-state index in [-0.39, 0.29) is 17.3 Å². The van der Waals surface area contributed by atoms with Crippen LogP contribution >= 0.6 is 11.3 Å². The van der Waals surface area contributed by atoms with Crippen LogP contribution in [0.4, 0.5) is 5.82 Å². The molecule has 0 fully saturated rings. The van der Waals surface area contributed by atoms with Gasteiger partial charge in [-0.2, -0.15) is 5.10 Å². The molecule has 2 aromatic carbocycles. The molecule has 0 radical (unpaired) electrons. The van der Waals surface area contributed by atoms with Gasteiger partial charge in [-0.15, -0.1) is 11.3 Å². The zero-order valence-electron chi connectivity index (χ0n) is 23.1. The number of carboxylic acids is 1. The lowest BCUT2D eigenvalue weighted by molar-refractivity contribution is -0.116. The number of carboxylic acid groups (broad SMARTS) is 1. The highest BCUT2D eigenvalue weighted by molar-refractivity contribution is 7.10. The molecule has 2 aromatic heterocycles. The number of aromatic nitrogens is 2. The molecule has 0 bridgehead atoms. The van der Waals surface area contributed by atoms with Gasteiger partial charge in [-0.3, -0.25) is 4.79 Å². The van der Waals surface area contributed by atoms with E-state index in [1.165, 1.54) is 0 Å². The fourth-order valence-electron chi connectivity index (χ4n) is 6.08. The first-order valence-electron chi connectivity index (χ1n) is 13.2. The second-order valence-electron chi connectivity index (χ2n) is 10.00. The molecule has 6 rings (SSSR count). The van der Waals surface area contributed by atoms with E-state index in [1.54, 1.807) is 67.7 Å². The average Bonchev–Trinajstić information content (AvgIpc) is 3.63. The number of nitrogens with one attached hydrogen (secondary N) is 1. The number of para-hydroxylation sites is 1. The largest absolute Gasteiger partial charge is 0.493 e. The number of anilines is 1. The summed E-state index contributed by atoms with van der Waals surface area (Å²) in [7, 11) is 4.67. The Morgan fingerprint density at radius 1 is 1.02 bits per heavy atom. The van der Waals surface area contributed by atoms with Crippen LogP contribution in [0.15, 0.2) is 65.2 Å². The quantitative estimate of drug-likeness (QED) is 0.281. The number of Topliss-reactive ketones (excluding diaryl/α,β-unsaturated/α-hetero) is 1. The number of ketones is 1. The number of thiophene rings is 1. The maximum absolute atomic E-state index is 14.0.